The maximum atomic E-state index is 14.3. The number of nitrogens with zero attached hydrogens (tertiary/aromatic N) is 4. The van der Waals surface area contributed by atoms with Crippen molar-refractivity contribution in [3.63, 3.8) is 0 Å². The van der Waals surface area contributed by atoms with E-state index >= 15 is 0 Å². The number of hydrogen-bond donors (Lipinski definition) is 1. The van der Waals surface area contributed by atoms with Gasteiger partial charge in [-0.1, -0.05) is 53.2 Å². The minimum absolute atomic E-state index is 0.109. The predicted octanol–water partition coefficient (Wildman–Crippen LogP) is 5.52. The van der Waals surface area contributed by atoms with Crippen LogP contribution in [0.25, 0.3) is 11.0 Å². The van der Waals surface area contributed by atoms with Crippen molar-refractivity contribution >= 4 is 40.1 Å². The van der Waals surface area contributed by atoms with Crippen LogP contribution in [0, 0.1) is 0 Å². The highest BCUT2D eigenvalue weighted by Crippen LogP contribution is 2.33. The van der Waals surface area contributed by atoms with Gasteiger partial charge < -0.3 is 24.4 Å². The number of aromatic nitrogens is 3. The fourth-order valence-corrected chi connectivity index (χ4v) is 4.88. The van der Waals surface area contributed by atoms with Crippen LogP contribution >= 0.6 is 11.6 Å². The Balaban J connectivity index is 1.58. The van der Waals surface area contributed by atoms with Gasteiger partial charge in [0.15, 0.2) is 0 Å². The van der Waals surface area contributed by atoms with Crippen LogP contribution < -0.4 is 19.5 Å². The predicted molar refractivity (Wildman–Crippen MR) is 163 cm³/mol. The van der Waals surface area contributed by atoms with Gasteiger partial charge in [0, 0.05) is 17.6 Å². The Kier molecular flexibility index (Phi) is 9.07. The molecule has 0 spiro atoms. The lowest BCUT2D eigenvalue weighted by atomic mass is 10.0. The molecule has 1 aromatic heterocycles. The fourth-order valence-electron chi connectivity index (χ4n) is 4.75. The van der Waals surface area contributed by atoms with Gasteiger partial charge in [-0.25, -0.2) is 4.68 Å². The van der Waals surface area contributed by atoms with Crippen molar-refractivity contribution in [2.75, 3.05) is 26.6 Å². The molecule has 4 aromatic carbocycles. The third-order valence-corrected chi connectivity index (χ3v) is 7.18. The molecular weight excluding hydrogens is 570 g/mol. The molecule has 5 rings (SSSR count). The second-order valence-electron chi connectivity index (χ2n) is 9.62. The zero-order valence-electron chi connectivity index (χ0n) is 23.9. The zero-order chi connectivity index (χ0) is 30.3. The number of amides is 2. The van der Waals surface area contributed by atoms with E-state index in [9.17, 15) is 9.59 Å². The summed E-state index contributed by atoms with van der Waals surface area (Å²) >= 11 is 6.15. The van der Waals surface area contributed by atoms with E-state index in [1.165, 1.54) is 16.7 Å². The Morgan fingerprint density at radius 1 is 0.884 bits per heavy atom. The van der Waals surface area contributed by atoms with E-state index in [4.69, 9.17) is 25.8 Å². The number of carbonyl (C=O) groups excluding carboxylic acids is 2. The van der Waals surface area contributed by atoms with Crippen LogP contribution in [0.15, 0.2) is 91.0 Å². The van der Waals surface area contributed by atoms with Gasteiger partial charge in [-0.3, -0.25) is 9.59 Å². The highest BCUT2D eigenvalue weighted by atomic mass is 35.5. The molecule has 1 heterocycles. The van der Waals surface area contributed by atoms with Crippen LogP contribution in [-0.4, -0.2) is 53.0 Å². The van der Waals surface area contributed by atoms with E-state index in [0.717, 1.165) is 5.56 Å². The summed E-state index contributed by atoms with van der Waals surface area (Å²) in [5.41, 5.74) is 3.11. The number of benzene rings is 4. The first-order chi connectivity index (χ1) is 20.9. The Labute approximate surface area is 253 Å². The maximum Gasteiger partial charge on any atom is 0.251 e. The number of carbonyl (C=O) groups is 2. The summed E-state index contributed by atoms with van der Waals surface area (Å²) in [6, 6.07) is 25.6. The van der Waals surface area contributed by atoms with Gasteiger partial charge in [0.25, 0.3) is 5.91 Å². The van der Waals surface area contributed by atoms with Gasteiger partial charge in [-0.15, -0.1) is 5.10 Å². The molecule has 0 saturated carbocycles. The summed E-state index contributed by atoms with van der Waals surface area (Å²) in [5, 5.41) is 11.9. The van der Waals surface area contributed by atoms with Crippen LogP contribution in [-0.2, 0) is 22.7 Å². The lowest BCUT2D eigenvalue weighted by Crippen LogP contribution is -2.42. The summed E-state index contributed by atoms with van der Waals surface area (Å²) in [7, 11) is 4.59. The normalized spacial score (nSPS) is 11.5. The molecule has 0 aliphatic rings. The number of para-hydroxylation sites is 1. The number of rotatable bonds is 11. The molecule has 0 aliphatic carbocycles. The number of halogens is 1. The van der Waals surface area contributed by atoms with E-state index in [1.807, 2.05) is 36.4 Å². The van der Waals surface area contributed by atoms with Crippen molar-refractivity contribution in [1.82, 2.24) is 19.9 Å². The minimum Gasteiger partial charge on any atom is -0.497 e. The standard InChI is InChI=1S/C32H30ClN5O5/c1-41-24-8-6-7-22(17-24)31(32(40)34-27-16-15-25(42-2)18-29(27)43-3)37(19-21-11-13-23(33)14-12-21)30(39)20-38-28-10-5-4-9-26(28)35-36-38/h4-18,31H,19-20H2,1-3H3,(H,34,40). The van der Waals surface area contributed by atoms with E-state index in [-0.39, 0.29) is 19.0 Å². The van der Waals surface area contributed by atoms with Crippen LogP contribution in [0.5, 0.6) is 17.2 Å². The summed E-state index contributed by atoms with van der Waals surface area (Å²) in [6.07, 6.45) is 0. The quantitative estimate of drug-likeness (QED) is 0.213. The van der Waals surface area contributed by atoms with Gasteiger partial charge in [0.05, 0.1) is 32.5 Å². The highest BCUT2D eigenvalue weighted by molar-refractivity contribution is 6.30. The van der Waals surface area contributed by atoms with Crippen LogP contribution in [0.2, 0.25) is 5.02 Å². The molecule has 0 radical (unpaired) electrons. The first-order valence-corrected chi connectivity index (χ1v) is 13.8. The van der Waals surface area contributed by atoms with Gasteiger partial charge in [-0.05, 0) is 59.7 Å². The molecule has 1 atom stereocenters. The number of ether oxygens (including phenoxy) is 3. The van der Waals surface area contributed by atoms with Gasteiger partial charge in [0.2, 0.25) is 5.91 Å². The summed E-state index contributed by atoms with van der Waals surface area (Å²) < 4.78 is 17.8. The van der Waals surface area contributed by atoms with E-state index in [0.29, 0.717) is 44.6 Å². The largest absolute Gasteiger partial charge is 0.497 e. The van der Waals surface area contributed by atoms with E-state index in [1.54, 1.807) is 68.8 Å². The second-order valence-corrected chi connectivity index (χ2v) is 10.1. The highest BCUT2D eigenvalue weighted by Gasteiger charge is 2.33. The molecule has 10 nitrogen and oxygen atoms in total. The molecule has 220 valence electrons. The molecule has 0 bridgehead atoms. The Bertz CT molecular complexity index is 1740. The molecule has 0 fully saturated rings. The molecule has 5 aromatic rings. The summed E-state index contributed by atoms with van der Waals surface area (Å²) in [6.45, 7) is -0.0363. The van der Waals surface area contributed by atoms with E-state index < -0.39 is 11.9 Å². The van der Waals surface area contributed by atoms with Gasteiger partial charge in [0.1, 0.15) is 35.4 Å². The average Bonchev–Trinajstić information content (AvgIpc) is 3.44. The first-order valence-electron chi connectivity index (χ1n) is 13.4. The van der Waals surface area contributed by atoms with Crippen molar-refractivity contribution in [3.05, 3.63) is 107 Å². The smallest absolute Gasteiger partial charge is 0.251 e. The van der Waals surface area contributed by atoms with E-state index in [2.05, 4.69) is 15.6 Å². The molecule has 2 amide bonds. The van der Waals surface area contributed by atoms with Crippen LogP contribution in [0.3, 0.4) is 0 Å². The van der Waals surface area contributed by atoms with Gasteiger partial charge >= 0.3 is 0 Å². The minimum atomic E-state index is -1.07. The fraction of sp³-hybridized carbons (Fsp3) is 0.188. The molecule has 43 heavy (non-hydrogen) atoms. The lowest BCUT2D eigenvalue weighted by Gasteiger charge is -2.32. The zero-order valence-corrected chi connectivity index (χ0v) is 24.6. The Morgan fingerprint density at radius 3 is 2.37 bits per heavy atom. The third-order valence-electron chi connectivity index (χ3n) is 6.93. The topological polar surface area (TPSA) is 108 Å². The summed E-state index contributed by atoms with van der Waals surface area (Å²) in [5.74, 6) is 0.705. The lowest BCUT2D eigenvalue weighted by molar-refractivity contribution is -0.140. The molecule has 1 unspecified atom stereocenters. The molecule has 11 heteroatoms. The average molecular weight is 600 g/mol. The first kappa shape index (κ1) is 29.4. The maximum absolute atomic E-state index is 14.3. The third kappa shape index (κ3) is 6.70. The molecule has 0 aliphatic heterocycles. The van der Waals surface area contributed by atoms with Crippen molar-refractivity contribution in [1.29, 1.82) is 0 Å². The Morgan fingerprint density at radius 2 is 1.63 bits per heavy atom. The SMILES string of the molecule is COc1cccc(C(C(=O)Nc2ccc(OC)cc2OC)N(Cc2ccc(Cl)cc2)C(=O)Cn2nnc3ccccc32)c1. The van der Waals surface area contributed by atoms with Crippen LogP contribution in [0.4, 0.5) is 5.69 Å². The van der Waals surface area contributed by atoms with Gasteiger partial charge in [-0.2, -0.15) is 0 Å². The number of methoxy groups -OCH3 is 3. The summed E-state index contributed by atoms with van der Waals surface area (Å²) in [4.78, 5) is 30.0. The Hall–Kier alpha value is -5.09. The second kappa shape index (κ2) is 13.3. The molecule has 0 saturated heterocycles. The number of anilines is 1. The van der Waals surface area contributed by atoms with Crippen molar-refractivity contribution < 1.29 is 23.8 Å². The molecule has 1 N–H and O–H groups in total. The monoisotopic (exact) mass is 599 g/mol. The van der Waals surface area contributed by atoms with Crippen LogP contribution in [0.1, 0.15) is 17.2 Å². The number of nitrogens with one attached hydrogen (secondary N) is 1. The molecular formula is C32H30ClN5O5. The van der Waals surface area contributed by atoms with Crippen molar-refractivity contribution in [3.8, 4) is 17.2 Å². The van der Waals surface area contributed by atoms with Crippen molar-refractivity contribution in [2.45, 2.75) is 19.1 Å². The number of hydrogen-bond acceptors (Lipinski definition) is 7. The number of fused-ring (bicyclic) bond motifs is 1. The van der Waals surface area contributed by atoms with Crippen molar-refractivity contribution in [2.24, 2.45) is 0 Å².